The molecule has 0 fully saturated rings. The van der Waals surface area contributed by atoms with Crippen molar-refractivity contribution in [3.8, 4) is 5.75 Å². The molecule has 1 aromatic carbocycles. The highest BCUT2D eigenvalue weighted by atomic mass is 16.5. The van der Waals surface area contributed by atoms with Crippen LogP contribution in [0.1, 0.15) is 32.8 Å². The summed E-state index contributed by atoms with van der Waals surface area (Å²) < 4.78 is 5.31. The maximum atomic E-state index is 11.1. The lowest BCUT2D eigenvalue weighted by Crippen LogP contribution is -2.36. The van der Waals surface area contributed by atoms with E-state index < -0.39 is 17.5 Å². The number of carboxylic acids is 1. The molecule has 4 heteroatoms. The third kappa shape index (κ3) is 3.01. The van der Waals surface area contributed by atoms with Crippen LogP contribution in [0.15, 0.2) is 24.3 Å². The topological polar surface area (TPSA) is 66.8 Å². The van der Waals surface area contributed by atoms with E-state index in [1.54, 1.807) is 31.2 Å². The molecular weight excluding hydrogens is 232 g/mol. The summed E-state index contributed by atoms with van der Waals surface area (Å²) in [6, 6.07) is 6.89. The van der Waals surface area contributed by atoms with Crippen molar-refractivity contribution in [1.82, 2.24) is 0 Å². The summed E-state index contributed by atoms with van der Waals surface area (Å²) in [4.78, 5) is 11.1. The van der Waals surface area contributed by atoms with Crippen LogP contribution >= 0.6 is 0 Å². The summed E-state index contributed by atoms with van der Waals surface area (Å²) in [7, 11) is 0. The van der Waals surface area contributed by atoms with Gasteiger partial charge in [0.1, 0.15) is 11.4 Å². The molecule has 0 heterocycles. The van der Waals surface area contributed by atoms with Crippen LogP contribution in [-0.2, 0) is 10.4 Å². The zero-order valence-electron chi connectivity index (χ0n) is 11.0. The summed E-state index contributed by atoms with van der Waals surface area (Å²) in [5.41, 5.74) is -0.800. The largest absolute Gasteiger partial charge is 0.494 e. The van der Waals surface area contributed by atoms with Gasteiger partial charge in [-0.15, -0.1) is 0 Å². The Bertz CT molecular complexity index is 395. The predicted molar refractivity (Wildman–Crippen MR) is 68.6 cm³/mol. The Labute approximate surface area is 107 Å². The highest BCUT2D eigenvalue weighted by Gasteiger charge is 2.37. The van der Waals surface area contributed by atoms with Crippen LogP contribution in [0.2, 0.25) is 0 Å². The van der Waals surface area contributed by atoms with Crippen molar-refractivity contribution in [1.29, 1.82) is 0 Å². The third-order valence-corrected chi connectivity index (χ3v) is 3.13. The minimum Gasteiger partial charge on any atom is -0.494 e. The molecule has 4 nitrogen and oxygen atoms in total. The second-order valence-electron chi connectivity index (χ2n) is 4.40. The fourth-order valence-electron chi connectivity index (χ4n) is 2.07. The number of aliphatic hydroxyl groups is 1. The van der Waals surface area contributed by atoms with E-state index in [-0.39, 0.29) is 0 Å². The van der Waals surface area contributed by atoms with Gasteiger partial charge in [0.15, 0.2) is 0 Å². The van der Waals surface area contributed by atoms with E-state index in [1.165, 1.54) is 6.92 Å². The summed E-state index contributed by atoms with van der Waals surface area (Å²) >= 11 is 0. The fourth-order valence-corrected chi connectivity index (χ4v) is 2.07. The van der Waals surface area contributed by atoms with Crippen molar-refractivity contribution in [2.75, 3.05) is 6.61 Å². The molecule has 2 unspecified atom stereocenters. The molecule has 0 aliphatic heterocycles. The summed E-state index contributed by atoms with van der Waals surface area (Å²) in [5.74, 6) is -1.10. The van der Waals surface area contributed by atoms with Gasteiger partial charge in [0.25, 0.3) is 0 Å². The maximum Gasteiger partial charge on any atom is 0.309 e. The molecule has 0 spiro atoms. The zero-order valence-corrected chi connectivity index (χ0v) is 11.0. The Morgan fingerprint density at radius 1 is 1.33 bits per heavy atom. The molecule has 2 N–H and O–H groups in total. The molecule has 0 amide bonds. The van der Waals surface area contributed by atoms with Crippen LogP contribution in [0.25, 0.3) is 0 Å². The molecule has 0 saturated carbocycles. The third-order valence-electron chi connectivity index (χ3n) is 3.13. The minimum atomic E-state index is -1.38. The fraction of sp³-hybridized carbons (Fsp3) is 0.500. The molecule has 0 aliphatic carbocycles. The number of ether oxygens (including phenoxy) is 1. The molecule has 1 aromatic rings. The SMILES string of the molecule is CCOc1ccc(C(C)(O)C(CC)C(=O)O)cc1. The van der Waals surface area contributed by atoms with Gasteiger partial charge in [-0.1, -0.05) is 19.1 Å². The number of hydrogen-bond acceptors (Lipinski definition) is 3. The average molecular weight is 252 g/mol. The number of carbonyl (C=O) groups is 1. The first-order valence-corrected chi connectivity index (χ1v) is 6.12. The van der Waals surface area contributed by atoms with Crippen molar-refractivity contribution >= 4 is 5.97 Å². The van der Waals surface area contributed by atoms with Gasteiger partial charge in [0.05, 0.1) is 12.5 Å². The van der Waals surface area contributed by atoms with E-state index in [9.17, 15) is 9.90 Å². The van der Waals surface area contributed by atoms with Crippen LogP contribution in [0, 0.1) is 5.92 Å². The number of carboxylic acid groups (broad SMARTS) is 1. The Hall–Kier alpha value is -1.55. The molecule has 2 atom stereocenters. The van der Waals surface area contributed by atoms with Crippen LogP contribution in [0.4, 0.5) is 0 Å². The summed E-state index contributed by atoms with van der Waals surface area (Å²) in [5, 5.41) is 19.5. The number of rotatable bonds is 6. The molecule has 18 heavy (non-hydrogen) atoms. The van der Waals surface area contributed by atoms with Gasteiger partial charge in [-0.05, 0) is 38.0 Å². The molecule has 0 bridgehead atoms. The first-order chi connectivity index (χ1) is 8.43. The molecule has 100 valence electrons. The van der Waals surface area contributed by atoms with E-state index in [4.69, 9.17) is 9.84 Å². The highest BCUT2D eigenvalue weighted by molar-refractivity contribution is 5.71. The number of hydrogen-bond donors (Lipinski definition) is 2. The predicted octanol–water partition coefficient (Wildman–Crippen LogP) is 2.40. The normalized spacial score (nSPS) is 15.8. The van der Waals surface area contributed by atoms with Gasteiger partial charge >= 0.3 is 5.97 Å². The van der Waals surface area contributed by atoms with E-state index in [2.05, 4.69) is 0 Å². The first kappa shape index (κ1) is 14.5. The molecule has 0 aromatic heterocycles. The minimum absolute atomic E-state index is 0.371. The molecule has 0 aliphatic rings. The monoisotopic (exact) mass is 252 g/mol. The second kappa shape index (κ2) is 5.87. The Morgan fingerprint density at radius 2 is 1.89 bits per heavy atom. The average Bonchev–Trinajstić information content (AvgIpc) is 2.30. The smallest absolute Gasteiger partial charge is 0.309 e. The van der Waals surface area contributed by atoms with Crippen molar-refractivity contribution in [2.24, 2.45) is 5.92 Å². The number of benzene rings is 1. The standard InChI is InChI=1S/C14H20O4/c1-4-12(13(15)16)14(3,17)10-6-8-11(9-7-10)18-5-2/h6-9,12,17H,4-5H2,1-3H3,(H,15,16). The Kier molecular flexibility index (Phi) is 4.73. The summed E-state index contributed by atoms with van der Waals surface area (Å²) in [6.07, 6.45) is 0.371. The molecular formula is C14H20O4. The Morgan fingerprint density at radius 3 is 2.28 bits per heavy atom. The van der Waals surface area contributed by atoms with Crippen LogP contribution in [0.5, 0.6) is 5.75 Å². The lowest BCUT2D eigenvalue weighted by atomic mass is 9.81. The second-order valence-corrected chi connectivity index (χ2v) is 4.40. The molecule has 0 saturated heterocycles. The molecule has 0 radical (unpaired) electrons. The van der Waals surface area contributed by atoms with Crippen LogP contribution in [-0.4, -0.2) is 22.8 Å². The lowest BCUT2D eigenvalue weighted by Gasteiger charge is -2.30. The van der Waals surface area contributed by atoms with Crippen LogP contribution < -0.4 is 4.74 Å². The zero-order chi connectivity index (χ0) is 13.8. The summed E-state index contributed by atoms with van der Waals surface area (Å²) in [6.45, 7) is 5.75. The van der Waals surface area contributed by atoms with Gasteiger partial charge in [-0.3, -0.25) is 4.79 Å². The van der Waals surface area contributed by atoms with Crippen LogP contribution in [0.3, 0.4) is 0 Å². The van der Waals surface area contributed by atoms with E-state index in [0.29, 0.717) is 24.3 Å². The number of aliphatic carboxylic acids is 1. The van der Waals surface area contributed by atoms with Crippen molar-refractivity contribution < 1.29 is 19.7 Å². The lowest BCUT2D eigenvalue weighted by molar-refractivity contribution is -0.152. The quantitative estimate of drug-likeness (QED) is 0.816. The van der Waals surface area contributed by atoms with Gasteiger partial charge in [0.2, 0.25) is 0 Å². The maximum absolute atomic E-state index is 11.1. The van der Waals surface area contributed by atoms with E-state index in [0.717, 1.165) is 0 Å². The first-order valence-electron chi connectivity index (χ1n) is 6.12. The Balaban J connectivity index is 3.00. The van der Waals surface area contributed by atoms with Gasteiger partial charge in [-0.2, -0.15) is 0 Å². The van der Waals surface area contributed by atoms with E-state index in [1.807, 2.05) is 6.92 Å². The van der Waals surface area contributed by atoms with E-state index >= 15 is 0 Å². The van der Waals surface area contributed by atoms with Crippen molar-refractivity contribution in [3.63, 3.8) is 0 Å². The van der Waals surface area contributed by atoms with Gasteiger partial charge < -0.3 is 14.9 Å². The van der Waals surface area contributed by atoms with Gasteiger partial charge in [-0.25, -0.2) is 0 Å². The van der Waals surface area contributed by atoms with Gasteiger partial charge in [0, 0.05) is 0 Å². The van der Waals surface area contributed by atoms with Crippen molar-refractivity contribution in [2.45, 2.75) is 32.8 Å². The highest BCUT2D eigenvalue weighted by Crippen LogP contribution is 2.32. The molecule has 1 rings (SSSR count). The van der Waals surface area contributed by atoms with Crippen molar-refractivity contribution in [3.05, 3.63) is 29.8 Å².